The molecule has 5 nitrogen and oxygen atoms in total. The van der Waals surface area contributed by atoms with Crippen molar-refractivity contribution in [2.45, 2.75) is 24.8 Å². The maximum atomic E-state index is 13.5. The molecule has 31 heavy (non-hydrogen) atoms. The highest BCUT2D eigenvalue weighted by Crippen LogP contribution is 2.44. The number of rotatable bonds is 3. The number of fused-ring (bicyclic) bond motifs is 1. The zero-order valence-corrected chi connectivity index (χ0v) is 17.8. The fourth-order valence-electron chi connectivity index (χ4n) is 4.58. The van der Waals surface area contributed by atoms with Crippen LogP contribution in [-0.2, 0) is 4.79 Å². The quantitative estimate of drug-likeness (QED) is 0.627. The third-order valence-corrected chi connectivity index (χ3v) is 6.23. The van der Waals surface area contributed by atoms with E-state index in [1.165, 1.54) is 5.56 Å². The van der Waals surface area contributed by atoms with Gasteiger partial charge >= 0.3 is 0 Å². The van der Waals surface area contributed by atoms with Gasteiger partial charge in [0.25, 0.3) is 0 Å². The number of hydrogen-bond donors (Lipinski definition) is 2. The van der Waals surface area contributed by atoms with E-state index in [4.69, 9.17) is 0 Å². The average molecular weight is 411 g/mol. The molecule has 1 aromatic heterocycles. The summed E-state index contributed by atoms with van der Waals surface area (Å²) in [7, 11) is 4.07. The van der Waals surface area contributed by atoms with Crippen molar-refractivity contribution >= 4 is 22.8 Å². The van der Waals surface area contributed by atoms with Gasteiger partial charge in [-0.3, -0.25) is 9.78 Å². The number of nitrogens with one attached hydrogen (secondary N) is 2. The van der Waals surface area contributed by atoms with Gasteiger partial charge in [0.15, 0.2) is 5.78 Å². The maximum absolute atomic E-state index is 13.5. The molecular weight excluding hydrogens is 384 g/mol. The Morgan fingerprint density at radius 1 is 0.871 bits per heavy atom. The summed E-state index contributed by atoms with van der Waals surface area (Å²) in [5.74, 6) is 0.357. The number of ketones is 1. The lowest BCUT2D eigenvalue weighted by Crippen LogP contribution is -2.26. The summed E-state index contributed by atoms with van der Waals surface area (Å²) in [6, 6.07) is 20.5. The first-order valence-electron chi connectivity index (χ1n) is 10.7. The second kappa shape index (κ2) is 7.91. The van der Waals surface area contributed by atoms with Gasteiger partial charge in [-0.05, 0) is 59.9 Å². The predicted octanol–water partition coefficient (Wildman–Crippen LogP) is 5.13. The zero-order valence-electron chi connectivity index (χ0n) is 17.8. The second-order valence-corrected chi connectivity index (χ2v) is 8.44. The first-order valence-corrected chi connectivity index (χ1v) is 10.7. The number of benzene rings is 2. The number of Topliss-reactive ketones (excluding diaryl/α,β-unsaturated/α-hetero) is 1. The summed E-state index contributed by atoms with van der Waals surface area (Å²) in [5, 5.41) is 7.20. The molecule has 2 N–H and O–H groups in total. The van der Waals surface area contributed by atoms with Crippen molar-refractivity contribution in [1.82, 2.24) is 4.98 Å². The molecule has 0 spiro atoms. The molecule has 0 saturated carbocycles. The highest BCUT2D eigenvalue weighted by atomic mass is 16.1. The van der Waals surface area contributed by atoms with E-state index < -0.39 is 0 Å². The third kappa shape index (κ3) is 3.67. The first-order chi connectivity index (χ1) is 15.1. The lowest BCUT2D eigenvalue weighted by Gasteiger charge is -2.30. The Hall–Kier alpha value is -3.60. The smallest absolute Gasteiger partial charge is 0.163 e. The summed E-state index contributed by atoms with van der Waals surface area (Å²) < 4.78 is 0. The lowest BCUT2D eigenvalue weighted by molar-refractivity contribution is -0.116. The SMILES string of the molecule is CN(C)c1ccc([C@H]2CC(=O)C3=C(C2)Nc2ccccc2N[C@H]3c2ccncc2)cc1. The summed E-state index contributed by atoms with van der Waals surface area (Å²) in [6.07, 6.45) is 4.88. The molecule has 0 unspecified atom stereocenters. The number of nitrogens with zero attached hydrogens (tertiary/aromatic N) is 2. The Morgan fingerprint density at radius 3 is 2.29 bits per heavy atom. The highest BCUT2D eigenvalue weighted by molar-refractivity contribution is 6.01. The summed E-state index contributed by atoms with van der Waals surface area (Å²) in [4.78, 5) is 19.8. The van der Waals surface area contributed by atoms with Crippen LogP contribution in [0.3, 0.4) is 0 Å². The zero-order chi connectivity index (χ0) is 21.4. The van der Waals surface area contributed by atoms with Crippen LogP contribution in [0.4, 0.5) is 17.1 Å². The van der Waals surface area contributed by atoms with Crippen molar-refractivity contribution < 1.29 is 4.79 Å². The molecule has 5 heteroatoms. The van der Waals surface area contributed by atoms with Gasteiger partial charge in [0.2, 0.25) is 0 Å². The summed E-state index contributed by atoms with van der Waals surface area (Å²) in [5.41, 5.74) is 7.26. The van der Waals surface area contributed by atoms with Crippen LogP contribution in [0.5, 0.6) is 0 Å². The van der Waals surface area contributed by atoms with Crippen molar-refractivity contribution in [2.24, 2.45) is 0 Å². The Labute approximate surface area is 182 Å². The molecule has 5 rings (SSSR count). The number of carbonyl (C=O) groups excluding carboxylic acids is 1. The fraction of sp³-hybridized carbons (Fsp3) is 0.231. The molecule has 156 valence electrons. The lowest BCUT2D eigenvalue weighted by atomic mass is 9.78. The number of anilines is 3. The number of para-hydroxylation sites is 2. The van der Waals surface area contributed by atoms with Crippen molar-refractivity contribution in [3.05, 3.63) is 95.5 Å². The van der Waals surface area contributed by atoms with Gasteiger partial charge in [-0.15, -0.1) is 0 Å². The number of aromatic nitrogens is 1. The van der Waals surface area contributed by atoms with Gasteiger partial charge in [0, 0.05) is 49.9 Å². The molecule has 0 radical (unpaired) electrons. The Morgan fingerprint density at radius 2 is 1.58 bits per heavy atom. The van der Waals surface area contributed by atoms with E-state index in [1.807, 2.05) is 38.4 Å². The molecule has 0 bridgehead atoms. The second-order valence-electron chi connectivity index (χ2n) is 8.44. The maximum Gasteiger partial charge on any atom is 0.163 e. The first kappa shape index (κ1) is 19.4. The molecule has 2 heterocycles. The van der Waals surface area contributed by atoms with Crippen LogP contribution in [0.25, 0.3) is 0 Å². The molecule has 1 aliphatic heterocycles. The standard InChI is InChI=1S/C26H26N4O/c1-30(2)20-9-7-17(8-10-20)19-15-23-25(24(31)16-19)26(18-11-13-27-14-12-18)29-22-6-4-3-5-21(22)28-23/h3-14,19,26,28-29H,15-16H2,1-2H3/t19-,26+/m1/s1. The number of pyridine rings is 1. The number of carbonyl (C=O) groups is 1. The van der Waals surface area contributed by atoms with Crippen LogP contribution < -0.4 is 15.5 Å². The normalized spacial score (nSPS) is 20.1. The number of hydrogen-bond acceptors (Lipinski definition) is 5. The van der Waals surface area contributed by atoms with Gasteiger partial charge in [-0.2, -0.15) is 0 Å². The molecule has 2 aliphatic rings. The number of allylic oxidation sites excluding steroid dienone is 1. The topological polar surface area (TPSA) is 57.3 Å². The molecule has 2 aromatic carbocycles. The third-order valence-electron chi connectivity index (χ3n) is 6.23. The van der Waals surface area contributed by atoms with Crippen LogP contribution in [0, 0.1) is 0 Å². The van der Waals surface area contributed by atoms with Gasteiger partial charge in [-0.1, -0.05) is 24.3 Å². The fourth-order valence-corrected chi connectivity index (χ4v) is 4.58. The van der Waals surface area contributed by atoms with Gasteiger partial charge < -0.3 is 15.5 Å². The van der Waals surface area contributed by atoms with Gasteiger partial charge in [0.1, 0.15) is 0 Å². The van der Waals surface area contributed by atoms with Crippen LogP contribution in [0.2, 0.25) is 0 Å². The minimum atomic E-state index is -0.196. The van der Waals surface area contributed by atoms with Crippen LogP contribution in [0.1, 0.15) is 35.9 Å². The molecule has 1 aliphatic carbocycles. The average Bonchev–Trinajstić information content (AvgIpc) is 2.96. The monoisotopic (exact) mass is 410 g/mol. The van der Waals surface area contributed by atoms with E-state index in [-0.39, 0.29) is 17.7 Å². The molecule has 0 fully saturated rings. The highest BCUT2D eigenvalue weighted by Gasteiger charge is 2.36. The molecular formula is C26H26N4O. The summed E-state index contributed by atoms with van der Waals surface area (Å²) >= 11 is 0. The van der Waals surface area contributed by atoms with Crippen molar-refractivity contribution in [3.63, 3.8) is 0 Å². The van der Waals surface area contributed by atoms with Gasteiger partial charge in [-0.25, -0.2) is 0 Å². The van der Waals surface area contributed by atoms with Crippen LogP contribution in [0.15, 0.2) is 84.3 Å². The molecule has 3 aromatic rings. The predicted molar refractivity (Wildman–Crippen MR) is 125 cm³/mol. The largest absolute Gasteiger partial charge is 0.378 e. The Balaban J connectivity index is 1.55. The van der Waals surface area contributed by atoms with E-state index in [0.29, 0.717) is 6.42 Å². The van der Waals surface area contributed by atoms with E-state index in [1.54, 1.807) is 12.4 Å². The summed E-state index contributed by atoms with van der Waals surface area (Å²) in [6.45, 7) is 0. The van der Waals surface area contributed by atoms with E-state index in [2.05, 4.69) is 56.9 Å². The molecule has 2 atom stereocenters. The minimum Gasteiger partial charge on any atom is -0.378 e. The van der Waals surface area contributed by atoms with Crippen molar-refractivity contribution in [2.75, 3.05) is 29.6 Å². The molecule has 0 saturated heterocycles. The molecule has 0 amide bonds. The Kier molecular flexibility index (Phi) is 4.94. The van der Waals surface area contributed by atoms with Crippen LogP contribution in [-0.4, -0.2) is 24.9 Å². The minimum absolute atomic E-state index is 0.165. The van der Waals surface area contributed by atoms with Gasteiger partial charge in [0.05, 0.1) is 17.4 Å². The van der Waals surface area contributed by atoms with Crippen molar-refractivity contribution in [1.29, 1.82) is 0 Å². The van der Waals surface area contributed by atoms with Crippen molar-refractivity contribution in [3.8, 4) is 0 Å². The van der Waals surface area contributed by atoms with E-state index >= 15 is 0 Å². The van der Waals surface area contributed by atoms with E-state index in [9.17, 15) is 4.79 Å². The Bertz CT molecular complexity index is 1140. The van der Waals surface area contributed by atoms with Crippen LogP contribution >= 0.6 is 0 Å². The van der Waals surface area contributed by atoms with E-state index in [0.717, 1.165) is 40.3 Å².